The second-order valence-corrected chi connectivity index (χ2v) is 6.84. The summed E-state index contributed by atoms with van der Waals surface area (Å²) in [7, 11) is 0. The maximum atomic E-state index is 13.5. The van der Waals surface area contributed by atoms with Gasteiger partial charge >= 0.3 is 5.97 Å². The van der Waals surface area contributed by atoms with Crippen molar-refractivity contribution in [3.05, 3.63) is 59.4 Å². The number of rotatable bonds is 8. The highest BCUT2D eigenvalue weighted by Gasteiger charge is 2.27. The molecule has 29 heavy (non-hydrogen) atoms. The normalized spacial score (nSPS) is 16.0. The fraction of sp³-hybridized carbons (Fsp3) is 0.429. The first-order valence-electron chi connectivity index (χ1n) is 9.75. The number of benzene rings is 1. The van der Waals surface area contributed by atoms with Crippen molar-refractivity contribution in [2.24, 2.45) is 0 Å². The van der Waals surface area contributed by atoms with Crippen molar-refractivity contribution >= 4 is 12.0 Å². The van der Waals surface area contributed by atoms with Crippen LogP contribution < -0.4 is 0 Å². The molecule has 1 fully saturated rings. The molecule has 0 bridgehead atoms. The van der Waals surface area contributed by atoms with Gasteiger partial charge in [0.2, 0.25) is 0 Å². The van der Waals surface area contributed by atoms with Crippen LogP contribution in [0.5, 0.6) is 0 Å². The smallest absolute Gasteiger partial charge is 0.341 e. The van der Waals surface area contributed by atoms with Crippen LogP contribution in [0.2, 0.25) is 0 Å². The summed E-state index contributed by atoms with van der Waals surface area (Å²) >= 11 is 0. The molecule has 2 aromatic rings. The van der Waals surface area contributed by atoms with Gasteiger partial charge in [-0.3, -0.25) is 9.80 Å². The molecule has 0 unspecified atom stereocenters. The number of nitrogens with zero attached hydrogens (tertiary/aromatic N) is 4. The maximum absolute atomic E-state index is 13.5. The Morgan fingerprint density at radius 1 is 1.17 bits per heavy atom. The second kappa shape index (κ2) is 10.3. The van der Waals surface area contributed by atoms with E-state index >= 15 is 0 Å². The highest BCUT2D eigenvalue weighted by atomic mass is 19.3. The lowest BCUT2D eigenvalue weighted by Crippen LogP contribution is -2.46. The molecule has 2 heterocycles. The molecule has 1 aromatic carbocycles. The third-order valence-electron chi connectivity index (χ3n) is 4.85. The van der Waals surface area contributed by atoms with E-state index in [9.17, 15) is 13.6 Å². The molecule has 0 atom stereocenters. The zero-order valence-corrected chi connectivity index (χ0v) is 16.5. The second-order valence-electron chi connectivity index (χ2n) is 6.84. The standard InChI is InChI=1S/C21H26F2N4O2/c1-2-29-21(28)18-15-24-27(19(18)20(22)23)16-26-13-11-25(12-14-26)10-6-9-17-7-4-3-5-8-17/h3-9,15,20H,2,10-14,16H2,1H3/b9-6+. The molecule has 0 radical (unpaired) electrons. The van der Waals surface area contributed by atoms with E-state index in [1.54, 1.807) is 6.92 Å². The summed E-state index contributed by atoms with van der Waals surface area (Å²) in [5, 5.41) is 4.01. The fourth-order valence-corrected chi connectivity index (χ4v) is 3.31. The number of aromatic nitrogens is 2. The van der Waals surface area contributed by atoms with Crippen LogP contribution in [0, 0.1) is 0 Å². The van der Waals surface area contributed by atoms with E-state index in [2.05, 4.69) is 39.2 Å². The molecule has 0 amide bonds. The first-order valence-corrected chi connectivity index (χ1v) is 9.75. The van der Waals surface area contributed by atoms with Crippen molar-refractivity contribution < 1.29 is 18.3 Å². The Balaban J connectivity index is 1.53. The molecule has 1 aliphatic heterocycles. The van der Waals surface area contributed by atoms with E-state index in [0.717, 1.165) is 32.7 Å². The van der Waals surface area contributed by atoms with Crippen molar-refractivity contribution in [2.45, 2.75) is 20.0 Å². The van der Waals surface area contributed by atoms with Crippen LogP contribution in [0.25, 0.3) is 6.08 Å². The Hall–Kier alpha value is -2.58. The number of piperazine rings is 1. The van der Waals surface area contributed by atoms with E-state index in [-0.39, 0.29) is 24.5 Å². The Morgan fingerprint density at radius 2 is 1.86 bits per heavy atom. The fourth-order valence-electron chi connectivity index (χ4n) is 3.31. The minimum absolute atomic E-state index is 0.132. The van der Waals surface area contributed by atoms with Gasteiger partial charge in [0.05, 0.1) is 19.5 Å². The van der Waals surface area contributed by atoms with Crippen LogP contribution in [0.3, 0.4) is 0 Å². The summed E-state index contributed by atoms with van der Waals surface area (Å²) in [4.78, 5) is 16.3. The maximum Gasteiger partial charge on any atom is 0.341 e. The number of hydrogen-bond acceptors (Lipinski definition) is 5. The van der Waals surface area contributed by atoms with Crippen molar-refractivity contribution in [3.63, 3.8) is 0 Å². The minimum Gasteiger partial charge on any atom is -0.462 e. The van der Waals surface area contributed by atoms with E-state index < -0.39 is 12.4 Å². The third-order valence-corrected chi connectivity index (χ3v) is 4.85. The first kappa shape index (κ1) is 21.1. The van der Waals surface area contributed by atoms with Crippen LogP contribution in [0.4, 0.5) is 8.78 Å². The summed E-state index contributed by atoms with van der Waals surface area (Å²) in [6.07, 6.45) is 2.62. The van der Waals surface area contributed by atoms with Gasteiger partial charge in [-0.25, -0.2) is 18.3 Å². The number of esters is 1. The molecule has 8 heteroatoms. The third kappa shape index (κ3) is 5.71. The Morgan fingerprint density at radius 3 is 2.52 bits per heavy atom. The summed E-state index contributed by atoms with van der Waals surface area (Å²) in [5.41, 5.74) is 0.630. The van der Waals surface area contributed by atoms with Gasteiger partial charge in [0.15, 0.2) is 0 Å². The monoisotopic (exact) mass is 404 g/mol. The van der Waals surface area contributed by atoms with Crippen molar-refractivity contribution in [1.29, 1.82) is 0 Å². The van der Waals surface area contributed by atoms with Gasteiger partial charge < -0.3 is 4.74 Å². The highest BCUT2D eigenvalue weighted by molar-refractivity contribution is 5.90. The van der Waals surface area contributed by atoms with E-state index in [1.807, 2.05) is 18.2 Å². The predicted molar refractivity (Wildman–Crippen MR) is 107 cm³/mol. The first-order chi connectivity index (χ1) is 14.1. The van der Waals surface area contributed by atoms with Gasteiger partial charge in [0.1, 0.15) is 11.3 Å². The molecule has 0 aliphatic carbocycles. The summed E-state index contributed by atoms with van der Waals surface area (Å²) in [6.45, 7) is 6.02. The quantitative estimate of drug-likeness (QED) is 0.632. The summed E-state index contributed by atoms with van der Waals surface area (Å²) in [6, 6.07) is 10.1. The Labute approximate surface area is 169 Å². The van der Waals surface area contributed by atoms with Crippen LogP contribution in [0.15, 0.2) is 42.6 Å². The SMILES string of the molecule is CCOC(=O)c1cnn(CN2CCN(C/C=C/c3ccccc3)CC2)c1C(F)F. The molecule has 1 saturated heterocycles. The molecule has 156 valence electrons. The Kier molecular flexibility index (Phi) is 7.48. The van der Waals surface area contributed by atoms with Crippen LogP contribution in [-0.4, -0.2) is 64.9 Å². The van der Waals surface area contributed by atoms with Crippen LogP contribution in [-0.2, 0) is 11.4 Å². The number of alkyl halides is 2. The van der Waals surface area contributed by atoms with Gasteiger partial charge in [-0.15, -0.1) is 0 Å². The zero-order valence-electron chi connectivity index (χ0n) is 16.5. The lowest BCUT2D eigenvalue weighted by atomic mass is 10.2. The minimum atomic E-state index is -2.79. The molecule has 0 spiro atoms. The highest BCUT2D eigenvalue weighted by Crippen LogP contribution is 2.24. The lowest BCUT2D eigenvalue weighted by molar-refractivity contribution is 0.0509. The van der Waals surface area contributed by atoms with Gasteiger partial charge in [-0.05, 0) is 12.5 Å². The number of ether oxygens (including phenoxy) is 1. The Bertz CT molecular complexity index is 815. The molecule has 1 aliphatic rings. The lowest BCUT2D eigenvalue weighted by Gasteiger charge is -2.34. The summed E-state index contributed by atoms with van der Waals surface area (Å²) < 4.78 is 33.1. The van der Waals surface area contributed by atoms with E-state index in [0.29, 0.717) is 0 Å². The molecule has 0 saturated carbocycles. The van der Waals surface area contributed by atoms with Crippen molar-refractivity contribution in [3.8, 4) is 0 Å². The molecular weight excluding hydrogens is 378 g/mol. The largest absolute Gasteiger partial charge is 0.462 e. The zero-order chi connectivity index (χ0) is 20.6. The molecule has 6 nitrogen and oxygen atoms in total. The molecule has 3 rings (SSSR count). The number of carbonyl (C=O) groups is 1. The predicted octanol–water partition coefficient (Wildman–Crippen LogP) is 3.29. The molecule has 0 N–H and O–H groups in total. The molecular formula is C21H26F2N4O2. The van der Waals surface area contributed by atoms with Crippen molar-refractivity contribution in [1.82, 2.24) is 19.6 Å². The van der Waals surface area contributed by atoms with Crippen LogP contribution in [0.1, 0.15) is 35.0 Å². The molecule has 1 aromatic heterocycles. The topological polar surface area (TPSA) is 50.6 Å². The van der Waals surface area contributed by atoms with Gasteiger partial charge in [-0.2, -0.15) is 5.10 Å². The average Bonchev–Trinajstić information content (AvgIpc) is 3.14. The number of hydrogen-bond donors (Lipinski definition) is 0. The van der Waals surface area contributed by atoms with E-state index in [4.69, 9.17) is 4.74 Å². The summed E-state index contributed by atoms with van der Waals surface area (Å²) in [5.74, 6) is -0.760. The van der Waals surface area contributed by atoms with Crippen LogP contribution >= 0.6 is 0 Å². The van der Waals surface area contributed by atoms with E-state index in [1.165, 1.54) is 16.4 Å². The van der Waals surface area contributed by atoms with Gasteiger partial charge in [-0.1, -0.05) is 42.5 Å². The number of halogens is 2. The van der Waals surface area contributed by atoms with Crippen molar-refractivity contribution in [2.75, 3.05) is 39.3 Å². The van der Waals surface area contributed by atoms with Gasteiger partial charge in [0.25, 0.3) is 6.43 Å². The van der Waals surface area contributed by atoms with Gasteiger partial charge in [0, 0.05) is 32.7 Å². The average molecular weight is 404 g/mol. The number of carbonyl (C=O) groups excluding carboxylic acids is 1.